The zero-order valence-corrected chi connectivity index (χ0v) is 11.3. The van der Waals surface area contributed by atoms with Crippen LogP contribution in [0.1, 0.15) is 42.0 Å². The van der Waals surface area contributed by atoms with Crippen LogP contribution in [0.5, 0.6) is 0 Å². The van der Waals surface area contributed by atoms with E-state index in [-0.39, 0.29) is 11.3 Å². The molecule has 0 amide bonds. The highest BCUT2D eigenvalue weighted by Crippen LogP contribution is 2.39. The van der Waals surface area contributed by atoms with Crippen molar-refractivity contribution >= 4 is 23.7 Å². The molecule has 98 valence electrons. The summed E-state index contributed by atoms with van der Waals surface area (Å²) in [5, 5.41) is 0. The van der Waals surface area contributed by atoms with Gasteiger partial charge in [0.05, 0.1) is 17.1 Å². The monoisotopic (exact) mass is 254 g/mol. The van der Waals surface area contributed by atoms with Gasteiger partial charge in [-0.1, -0.05) is 44.2 Å². The first-order valence-electron chi connectivity index (χ1n) is 6.57. The Balaban J connectivity index is 2.27. The first-order chi connectivity index (χ1) is 8.99. The summed E-state index contributed by atoms with van der Waals surface area (Å²) in [4.78, 5) is 12.4. The lowest BCUT2D eigenvalue weighted by Gasteiger charge is -2.30. The van der Waals surface area contributed by atoms with Crippen LogP contribution in [0.2, 0.25) is 0 Å². The number of aromatic nitrogens is 1. The summed E-state index contributed by atoms with van der Waals surface area (Å²) in [6.45, 7) is 4.23. The van der Waals surface area contributed by atoms with Crippen molar-refractivity contribution in [1.29, 1.82) is 0 Å². The minimum absolute atomic E-state index is 0.0139. The largest absolute Gasteiger partial charge is 0.397 e. The predicted molar refractivity (Wildman–Crippen MR) is 78.8 cm³/mol. The number of nitrogens with two attached hydrogens (primary N) is 1. The third-order valence-electron chi connectivity index (χ3n) is 3.76. The van der Waals surface area contributed by atoms with Gasteiger partial charge in [-0.15, -0.1) is 0 Å². The molecule has 2 aliphatic rings. The zero-order valence-electron chi connectivity index (χ0n) is 11.3. The lowest BCUT2D eigenvalue weighted by Crippen LogP contribution is -2.32. The molecule has 0 radical (unpaired) electrons. The topological polar surface area (TPSA) is 48.0 Å². The molecule has 0 saturated carbocycles. The average molecular weight is 254 g/mol. The highest BCUT2D eigenvalue weighted by atomic mass is 16.2. The Labute approximate surface area is 113 Å². The number of hydrogen-bond acceptors (Lipinski definition) is 2. The van der Waals surface area contributed by atoms with Crippen molar-refractivity contribution in [2.45, 2.75) is 26.7 Å². The molecule has 0 saturated heterocycles. The molecule has 3 rings (SSSR count). The number of rotatable bonds is 0. The maximum atomic E-state index is 12.4. The molecule has 3 heteroatoms. The first kappa shape index (κ1) is 12.0. The summed E-state index contributed by atoms with van der Waals surface area (Å²) < 4.78 is 1.80. The fourth-order valence-electron chi connectivity index (χ4n) is 2.91. The number of hydrogen-bond donors (Lipinski definition) is 1. The van der Waals surface area contributed by atoms with Crippen LogP contribution >= 0.6 is 0 Å². The minimum Gasteiger partial charge on any atom is -0.397 e. The molecule has 2 heterocycles. The van der Waals surface area contributed by atoms with Crippen molar-refractivity contribution in [2.75, 3.05) is 5.73 Å². The van der Waals surface area contributed by atoms with Crippen molar-refractivity contribution in [3.63, 3.8) is 0 Å². The van der Waals surface area contributed by atoms with Crippen LogP contribution in [0.3, 0.4) is 0 Å². The van der Waals surface area contributed by atoms with E-state index in [2.05, 4.69) is 13.8 Å². The molecule has 1 aromatic heterocycles. The van der Waals surface area contributed by atoms with E-state index in [0.717, 1.165) is 29.1 Å². The minimum atomic E-state index is -0.0139. The SMILES string of the molecule is CC1(C)CC(=O)n2c3c(c(N)c2C1)\C=C/C=C\C=C/3. The fraction of sp³-hybridized carbons (Fsp3) is 0.312. The summed E-state index contributed by atoms with van der Waals surface area (Å²) in [6, 6.07) is 0. The Morgan fingerprint density at radius 3 is 2.53 bits per heavy atom. The van der Waals surface area contributed by atoms with E-state index < -0.39 is 0 Å². The van der Waals surface area contributed by atoms with Gasteiger partial charge in [0.1, 0.15) is 0 Å². The van der Waals surface area contributed by atoms with Crippen LogP contribution in [0.15, 0.2) is 24.3 Å². The molecule has 1 aliphatic carbocycles. The third kappa shape index (κ3) is 1.86. The Morgan fingerprint density at radius 1 is 1.11 bits per heavy atom. The number of fused-ring (bicyclic) bond motifs is 3. The molecule has 0 fully saturated rings. The number of nitrogen functional groups attached to an aromatic ring is 1. The van der Waals surface area contributed by atoms with Gasteiger partial charge in [-0.05, 0) is 17.9 Å². The molecule has 0 spiro atoms. The quantitative estimate of drug-likeness (QED) is 0.772. The Kier molecular flexibility index (Phi) is 2.52. The third-order valence-corrected chi connectivity index (χ3v) is 3.76. The Hall–Kier alpha value is -2.03. The van der Waals surface area contributed by atoms with E-state index in [4.69, 9.17) is 5.73 Å². The maximum Gasteiger partial charge on any atom is 0.231 e. The summed E-state index contributed by atoms with van der Waals surface area (Å²) in [6.07, 6.45) is 13.2. The van der Waals surface area contributed by atoms with Crippen LogP contribution < -0.4 is 5.73 Å². The van der Waals surface area contributed by atoms with Gasteiger partial charge in [0, 0.05) is 12.0 Å². The van der Waals surface area contributed by atoms with Crippen molar-refractivity contribution < 1.29 is 4.79 Å². The summed E-state index contributed by atoms with van der Waals surface area (Å²) in [7, 11) is 0. The van der Waals surface area contributed by atoms with E-state index in [0.29, 0.717) is 6.42 Å². The molecule has 0 unspecified atom stereocenters. The van der Waals surface area contributed by atoms with Crippen LogP contribution in [0.4, 0.5) is 5.69 Å². The second-order valence-corrected chi connectivity index (χ2v) is 6.01. The van der Waals surface area contributed by atoms with E-state index >= 15 is 0 Å². The molecule has 3 nitrogen and oxygen atoms in total. The predicted octanol–water partition coefficient (Wildman–Crippen LogP) is 3.28. The number of anilines is 1. The Bertz CT molecular complexity index is 642. The molecule has 0 aromatic carbocycles. The van der Waals surface area contributed by atoms with Gasteiger partial charge in [0.2, 0.25) is 5.91 Å². The Morgan fingerprint density at radius 2 is 1.79 bits per heavy atom. The maximum absolute atomic E-state index is 12.4. The van der Waals surface area contributed by atoms with Crippen molar-refractivity contribution in [3.05, 3.63) is 41.3 Å². The van der Waals surface area contributed by atoms with Crippen LogP contribution in [0, 0.1) is 5.41 Å². The highest BCUT2D eigenvalue weighted by Gasteiger charge is 2.35. The molecule has 0 atom stereocenters. The summed E-state index contributed by atoms with van der Waals surface area (Å²) in [5.41, 5.74) is 9.83. The molecular formula is C16H18N2O. The molecule has 0 bridgehead atoms. The molecule has 1 aromatic rings. The molecule has 19 heavy (non-hydrogen) atoms. The fourth-order valence-corrected chi connectivity index (χ4v) is 2.91. The second kappa shape index (κ2) is 3.98. The normalized spacial score (nSPS) is 24.8. The van der Waals surface area contributed by atoms with Gasteiger partial charge < -0.3 is 5.73 Å². The molecular weight excluding hydrogens is 236 g/mol. The average Bonchev–Trinajstić information content (AvgIpc) is 2.50. The molecule has 1 aliphatic heterocycles. The van der Waals surface area contributed by atoms with E-state index in [1.807, 2.05) is 36.5 Å². The lowest BCUT2D eigenvalue weighted by atomic mass is 9.81. The summed E-state index contributed by atoms with van der Waals surface area (Å²) >= 11 is 0. The number of nitrogens with zero attached hydrogens (tertiary/aromatic N) is 1. The zero-order chi connectivity index (χ0) is 13.6. The second-order valence-electron chi connectivity index (χ2n) is 6.01. The van der Waals surface area contributed by atoms with E-state index in [1.54, 1.807) is 4.57 Å². The van der Waals surface area contributed by atoms with Crippen LogP contribution in [-0.2, 0) is 6.42 Å². The van der Waals surface area contributed by atoms with Gasteiger partial charge in [-0.25, -0.2) is 0 Å². The van der Waals surface area contributed by atoms with Gasteiger partial charge in [-0.2, -0.15) is 0 Å². The number of carbonyl (C=O) groups excluding carboxylic acids is 1. The van der Waals surface area contributed by atoms with Crippen molar-refractivity contribution in [3.8, 4) is 0 Å². The smallest absolute Gasteiger partial charge is 0.231 e. The highest BCUT2D eigenvalue weighted by molar-refractivity contribution is 5.91. The van der Waals surface area contributed by atoms with Crippen molar-refractivity contribution in [1.82, 2.24) is 4.57 Å². The van der Waals surface area contributed by atoms with Crippen LogP contribution in [-0.4, -0.2) is 10.5 Å². The number of carbonyl (C=O) groups is 1. The lowest BCUT2D eigenvalue weighted by molar-refractivity contribution is 0.0809. The van der Waals surface area contributed by atoms with Gasteiger partial charge >= 0.3 is 0 Å². The molecule has 2 N–H and O–H groups in total. The van der Waals surface area contributed by atoms with E-state index in [9.17, 15) is 4.79 Å². The first-order valence-corrected chi connectivity index (χ1v) is 6.57. The van der Waals surface area contributed by atoms with Gasteiger partial charge in [0.25, 0.3) is 0 Å². The number of allylic oxidation sites excluding steroid dienone is 4. The van der Waals surface area contributed by atoms with Gasteiger partial charge in [0.15, 0.2) is 0 Å². The standard InChI is InChI=1S/C16H18N2O/c1-16(2)9-13-15(17)11-7-5-3-4-6-8-12(11)18(13)14(19)10-16/h3-8H,9-10,17H2,1-2H3/b4-3-,5-3?,6-4?,7-5-,8-6-,11-7?,12-8?. The van der Waals surface area contributed by atoms with E-state index in [1.165, 1.54) is 0 Å². The summed E-state index contributed by atoms with van der Waals surface area (Å²) in [5.74, 6) is 0.141. The van der Waals surface area contributed by atoms with Gasteiger partial charge in [-0.3, -0.25) is 9.36 Å². The van der Waals surface area contributed by atoms with Crippen molar-refractivity contribution in [2.24, 2.45) is 5.41 Å². The van der Waals surface area contributed by atoms with Crippen LogP contribution in [0.25, 0.3) is 12.2 Å².